The van der Waals surface area contributed by atoms with Gasteiger partial charge < -0.3 is 16.6 Å². The van der Waals surface area contributed by atoms with Crippen LogP contribution in [0.5, 0.6) is 0 Å². The number of hydrogen-bond donors (Lipinski definition) is 3. The summed E-state index contributed by atoms with van der Waals surface area (Å²) in [5.41, 5.74) is 8.36. The van der Waals surface area contributed by atoms with Gasteiger partial charge in [0.15, 0.2) is 5.66 Å². The van der Waals surface area contributed by atoms with Crippen molar-refractivity contribution in [2.24, 2.45) is 16.9 Å². The summed E-state index contributed by atoms with van der Waals surface area (Å²) < 4.78 is 0. The summed E-state index contributed by atoms with van der Waals surface area (Å²) in [7, 11) is 0. The predicted octanol–water partition coefficient (Wildman–Crippen LogP) is -0.269. The van der Waals surface area contributed by atoms with Crippen molar-refractivity contribution in [2.45, 2.75) is 26.4 Å². The minimum absolute atomic E-state index is 0.626. The van der Waals surface area contributed by atoms with Crippen LogP contribution in [0.1, 0.15) is 20.8 Å². The summed E-state index contributed by atoms with van der Waals surface area (Å²) >= 11 is 0. The molecule has 0 aliphatic carbocycles. The maximum absolute atomic E-state index is 10.4. The van der Waals surface area contributed by atoms with Crippen LogP contribution in [0.4, 0.5) is 0 Å². The van der Waals surface area contributed by atoms with Crippen LogP contribution >= 0.6 is 0 Å². The Morgan fingerprint density at radius 1 is 1.30 bits per heavy atom. The molecule has 0 rings (SSSR count). The molecule has 0 amide bonds. The number of hydrogen-bond acceptors (Lipinski definition) is 3. The fourth-order valence-corrected chi connectivity index (χ4v) is 0.321. The van der Waals surface area contributed by atoms with Crippen molar-refractivity contribution < 1.29 is 9.90 Å². The molecule has 60 valence electrons. The predicted molar refractivity (Wildman–Crippen MR) is 38.2 cm³/mol. The van der Waals surface area contributed by atoms with E-state index in [1.54, 1.807) is 20.8 Å². The Labute approximate surface area is 60.2 Å². The van der Waals surface area contributed by atoms with E-state index in [1.165, 1.54) is 0 Å². The van der Waals surface area contributed by atoms with Crippen LogP contribution in [0.2, 0.25) is 0 Å². The lowest BCUT2D eigenvalue weighted by Crippen LogP contribution is -2.64. The van der Waals surface area contributed by atoms with Crippen molar-refractivity contribution in [3.05, 3.63) is 0 Å². The molecule has 0 aliphatic rings. The fraction of sp³-hybridized carbons (Fsp3) is 0.833. The highest BCUT2D eigenvalue weighted by Gasteiger charge is 2.41. The van der Waals surface area contributed by atoms with Crippen molar-refractivity contribution in [3.63, 3.8) is 0 Å². The molecule has 0 fully saturated rings. The maximum atomic E-state index is 10.4. The second-order valence-electron chi connectivity index (χ2n) is 3.42. The molecular weight excluding hydrogens is 132 g/mol. The molecule has 0 aromatic heterocycles. The van der Waals surface area contributed by atoms with E-state index in [0.29, 0.717) is 0 Å². The average molecular weight is 146 g/mol. The van der Waals surface area contributed by atoms with Gasteiger partial charge in [0.25, 0.3) is 0 Å². The standard InChI is InChI=1S/C6H14N2O2/c1-5(2,3)6(7,8)4(9)10/h7-8H2,1-3H3,(H,9,10). The Morgan fingerprint density at radius 2 is 1.60 bits per heavy atom. The van der Waals surface area contributed by atoms with Crippen molar-refractivity contribution in [2.75, 3.05) is 0 Å². The molecule has 0 aliphatic heterocycles. The van der Waals surface area contributed by atoms with E-state index in [0.717, 1.165) is 0 Å². The third-order valence-electron chi connectivity index (χ3n) is 1.59. The van der Waals surface area contributed by atoms with Gasteiger partial charge in [0.05, 0.1) is 0 Å². The maximum Gasteiger partial charge on any atom is 0.339 e. The molecule has 5 N–H and O–H groups in total. The zero-order valence-corrected chi connectivity index (χ0v) is 6.51. The monoisotopic (exact) mass is 146 g/mol. The molecule has 0 saturated heterocycles. The quantitative estimate of drug-likeness (QED) is 0.444. The first-order valence-electron chi connectivity index (χ1n) is 3.01. The van der Waals surface area contributed by atoms with Crippen LogP contribution < -0.4 is 11.5 Å². The van der Waals surface area contributed by atoms with Crippen LogP contribution in [-0.2, 0) is 4.79 Å². The number of nitrogens with two attached hydrogens (primary N) is 2. The van der Waals surface area contributed by atoms with Gasteiger partial charge in [0, 0.05) is 5.41 Å². The Morgan fingerprint density at radius 3 is 1.60 bits per heavy atom. The first kappa shape index (κ1) is 9.39. The van der Waals surface area contributed by atoms with Gasteiger partial charge in [0.2, 0.25) is 0 Å². The second-order valence-corrected chi connectivity index (χ2v) is 3.42. The number of rotatable bonds is 1. The molecule has 10 heavy (non-hydrogen) atoms. The van der Waals surface area contributed by atoms with Gasteiger partial charge in [-0.25, -0.2) is 4.79 Å². The van der Waals surface area contributed by atoms with Crippen LogP contribution in [0.3, 0.4) is 0 Å². The van der Waals surface area contributed by atoms with Crippen LogP contribution in [0.25, 0.3) is 0 Å². The molecule has 0 atom stereocenters. The summed E-state index contributed by atoms with van der Waals surface area (Å²) in [4.78, 5) is 10.4. The fourth-order valence-electron chi connectivity index (χ4n) is 0.321. The molecule has 0 bridgehead atoms. The topological polar surface area (TPSA) is 89.3 Å². The first-order valence-corrected chi connectivity index (χ1v) is 3.01. The second kappa shape index (κ2) is 2.21. The number of carbonyl (C=O) groups is 1. The van der Waals surface area contributed by atoms with Gasteiger partial charge in [-0.15, -0.1) is 0 Å². The van der Waals surface area contributed by atoms with Gasteiger partial charge in [-0.2, -0.15) is 0 Å². The Balaban J connectivity index is 4.57. The normalized spacial score (nSPS) is 13.3. The van der Waals surface area contributed by atoms with E-state index < -0.39 is 17.0 Å². The molecule has 0 unspecified atom stereocenters. The van der Waals surface area contributed by atoms with Crippen molar-refractivity contribution in [1.29, 1.82) is 0 Å². The molecule has 0 saturated carbocycles. The van der Waals surface area contributed by atoms with E-state index >= 15 is 0 Å². The minimum atomic E-state index is -1.65. The minimum Gasteiger partial charge on any atom is -0.479 e. The molecule has 0 radical (unpaired) electrons. The largest absolute Gasteiger partial charge is 0.479 e. The van der Waals surface area contributed by atoms with Gasteiger partial charge in [-0.1, -0.05) is 20.8 Å². The molecule has 4 nitrogen and oxygen atoms in total. The van der Waals surface area contributed by atoms with E-state index in [-0.39, 0.29) is 0 Å². The third kappa shape index (κ3) is 1.46. The van der Waals surface area contributed by atoms with Gasteiger partial charge >= 0.3 is 5.97 Å². The van der Waals surface area contributed by atoms with Crippen LogP contribution in [-0.4, -0.2) is 16.7 Å². The number of carboxylic acid groups (broad SMARTS) is 1. The van der Waals surface area contributed by atoms with Gasteiger partial charge in [-0.05, 0) is 0 Å². The highest BCUT2D eigenvalue weighted by molar-refractivity contribution is 5.78. The zero-order chi connectivity index (χ0) is 8.58. The summed E-state index contributed by atoms with van der Waals surface area (Å²) in [6.45, 7) is 5.04. The molecule has 0 aromatic carbocycles. The zero-order valence-electron chi connectivity index (χ0n) is 6.51. The number of aliphatic carboxylic acids is 1. The van der Waals surface area contributed by atoms with Crippen molar-refractivity contribution in [1.82, 2.24) is 0 Å². The summed E-state index contributed by atoms with van der Waals surface area (Å²) in [5.74, 6) is -1.18. The lowest BCUT2D eigenvalue weighted by molar-refractivity contribution is -0.147. The highest BCUT2D eigenvalue weighted by atomic mass is 16.4. The summed E-state index contributed by atoms with van der Waals surface area (Å²) in [5, 5.41) is 8.53. The highest BCUT2D eigenvalue weighted by Crippen LogP contribution is 2.23. The van der Waals surface area contributed by atoms with Crippen molar-refractivity contribution >= 4 is 5.97 Å². The molecule has 0 spiro atoms. The molecule has 4 heteroatoms. The first-order chi connectivity index (χ1) is 4.19. The molecule has 0 aromatic rings. The lowest BCUT2D eigenvalue weighted by Gasteiger charge is -2.33. The Bertz CT molecular complexity index is 146. The molecular formula is C6H14N2O2. The molecule has 0 heterocycles. The number of carboxylic acids is 1. The van der Waals surface area contributed by atoms with Crippen LogP contribution in [0, 0.1) is 5.41 Å². The Kier molecular flexibility index (Phi) is 2.08. The van der Waals surface area contributed by atoms with E-state index in [4.69, 9.17) is 16.6 Å². The Hall–Kier alpha value is -0.610. The average Bonchev–Trinajstić information content (AvgIpc) is 1.62. The lowest BCUT2D eigenvalue weighted by atomic mass is 9.82. The van der Waals surface area contributed by atoms with Gasteiger partial charge in [0.1, 0.15) is 0 Å². The summed E-state index contributed by atoms with van der Waals surface area (Å²) in [6.07, 6.45) is 0. The van der Waals surface area contributed by atoms with Crippen LogP contribution in [0.15, 0.2) is 0 Å². The van der Waals surface area contributed by atoms with E-state index in [1.807, 2.05) is 0 Å². The smallest absolute Gasteiger partial charge is 0.339 e. The van der Waals surface area contributed by atoms with E-state index in [2.05, 4.69) is 0 Å². The van der Waals surface area contributed by atoms with Gasteiger partial charge in [-0.3, -0.25) is 0 Å². The third-order valence-corrected chi connectivity index (χ3v) is 1.59. The van der Waals surface area contributed by atoms with Crippen molar-refractivity contribution in [3.8, 4) is 0 Å². The summed E-state index contributed by atoms with van der Waals surface area (Å²) in [6, 6.07) is 0. The SMILES string of the molecule is CC(C)(C)C(N)(N)C(=O)O. The van der Waals surface area contributed by atoms with E-state index in [9.17, 15) is 4.79 Å².